The zero-order valence-electron chi connectivity index (χ0n) is 12.0. The lowest BCUT2D eigenvalue weighted by atomic mass is 9.98. The molecule has 0 spiro atoms. The van der Waals surface area contributed by atoms with Crippen LogP contribution in [0.4, 0.5) is 0 Å². The third-order valence-electron chi connectivity index (χ3n) is 3.99. The van der Waals surface area contributed by atoms with Gasteiger partial charge in [-0.25, -0.2) is 0 Å². The van der Waals surface area contributed by atoms with Gasteiger partial charge in [0, 0.05) is 5.56 Å². The molecule has 3 heteroatoms. The Bertz CT molecular complexity index is 581. The molecule has 2 aromatic rings. The summed E-state index contributed by atoms with van der Waals surface area (Å²) in [6.45, 7) is 0.504. The van der Waals surface area contributed by atoms with Crippen molar-refractivity contribution in [3.05, 3.63) is 65.7 Å². The van der Waals surface area contributed by atoms with E-state index in [0.29, 0.717) is 12.5 Å². The molecule has 2 atom stereocenters. The average Bonchev–Trinajstić information content (AvgIpc) is 3.38. The predicted octanol–water partition coefficient (Wildman–Crippen LogP) is 3.04. The van der Waals surface area contributed by atoms with Gasteiger partial charge in [0.15, 0.2) is 0 Å². The highest BCUT2D eigenvalue weighted by molar-refractivity contribution is 5.37. The molecule has 1 aliphatic carbocycles. The molecule has 3 nitrogen and oxygen atoms in total. The first kappa shape index (κ1) is 14.1. The summed E-state index contributed by atoms with van der Waals surface area (Å²) in [5, 5.41) is 10.2. The van der Waals surface area contributed by atoms with Crippen LogP contribution in [0.1, 0.15) is 30.0 Å². The molecular formula is C18H21NO2. The van der Waals surface area contributed by atoms with Crippen LogP contribution < -0.4 is 10.5 Å². The molecule has 0 aliphatic heterocycles. The Labute approximate surface area is 125 Å². The number of benzene rings is 2. The zero-order chi connectivity index (χ0) is 14.7. The van der Waals surface area contributed by atoms with Gasteiger partial charge < -0.3 is 15.6 Å². The van der Waals surface area contributed by atoms with Gasteiger partial charge >= 0.3 is 0 Å². The fraction of sp³-hybridized carbons (Fsp3) is 0.333. The monoisotopic (exact) mass is 283 g/mol. The van der Waals surface area contributed by atoms with E-state index in [-0.39, 0.29) is 6.04 Å². The first-order valence-corrected chi connectivity index (χ1v) is 7.45. The Balaban J connectivity index is 1.72. The second-order valence-corrected chi connectivity index (χ2v) is 5.67. The lowest BCUT2D eigenvalue weighted by Crippen LogP contribution is -2.28. The number of rotatable bonds is 6. The molecule has 0 aromatic heterocycles. The van der Waals surface area contributed by atoms with E-state index in [1.54, 1.807) is 0 Å². The van der Waals surface area contributed by atoms with Gasteiger partial charge in [-0.3, -0.25) is 0 Å². The highest BCUT2D eigenvalue weighted by Gasteiger charge is 2.35. The molecule has 1 aliphatic rings. The van der Waals surface area contributed by atoms with Gasteiger partial charge in [0.25, 0.3) is 0 Å². The van der Waals surface area contributed by atoms with Crippen LogP contribution in [0.2, 0.25) is 0 Å². The highest BCUT2D eigenvalue weighted by atomic mass is 16.5. The predicted molar refractivity (Wildman–Crippen MR) is 82.9 cm³/mol. The summed E-state index contributed by atoms with van der Waals surface area (Å²) in [7, 11) is 0. The molecule has 110 valence electrons. The fourth-order valence-electron chi connectivity index (χ4n) is 2.54. The van der Waals surface area contributed by atoms with Crippen molar-refractivity contribution in [3.8, 4) is 5.75 Å². The summed E-state index contributed by atoms with van der Waals surface area (Å²) < 4.78 is 5.90. The normalized spacial score (nSPS) is 17.2. The summed E-state index contributed by atoms with van der Waals surface area (Å²) in [6, 6.07) is 17.4. The summed E-state index contributed by atoms with van der Waals surface area (Å²) in [5.74, 6) is 1.11. The Morgan fingerprint density at radius 3 is 2.43 bits per heavy atom. The molecular weight excluding hydrogens is 262 g/mol. The Morgan fingerprint density at radius 1 is 1.05 bits per heavy atom. The van der Waals surface area contributed by atoms with E-state index < -0.39 is 6.10 Å². The van der Waals surface area contributed by atoms with Gasteiger partial charge in [-0.1, -0.05) is 48.5 Å². The number of nitrogens with two attached hydrogens (primary N) is 1. The minimum Gasteiger partial charge on any atom is -0.489 e. The third-order valence-corrected chi connectivity index (χ3v) is 3.99. The van der Waals surface area contributed by atoms with E-state index >= 15 is 0 Å². The second kappa shape index (κ2) is 6.29. The van der Waals surface area contributed by atoms with Crippen LogP contribution in [0.3, 0.4) is 0 Å². The number of hydrogen-bond acceptors (Lipinski definition) is 3. The minimum absolute atomic E-state index is 0.349. The molecule has 2 aromatic carbocycles. The van der Waals surface area contributed by atoms with Gasteiger partial charge in [0.2, 0.25) is 0 Å². The Morgan fingerprint density at radius 2 is 1.71 bits per heavy atom. The lowest BCUT2D eigenvalue weighted by Gasteiger charge is -2.21. The number of para-hydroxylation sites is 1. The largest absolute Gasteiger partial charge is 0.489 e. The van der Waals surface area contributed by atoms with E-state index in [1.165, 1.54) is 0 Å². The average molecular weight is 283 g/mol. The quantitative estimate of drug-likeness (QED) is 0.856. The molecule has 3 rings (SSSR count). The minimum atomic E-state index is -0.480. The third kappa shape index (κ3) is 3.43. The highest BCUT2D eigenvalue weighted by Crippen LogP contribution is 2.39. The van der Waals surface area contributed by atoms with E-state index in [9.17, 15) is 5.11 Å². The van der Waals surface area contributed by atoms with Crippen molar-refractivity contribution in [2.75, 3.05) is 0 Å². The smallest absolute Gasteiger partial charge is 0.124 e. The molecule has 1 fully saturated rings. The first-order valence-electron chi connectivity index (χ1n) is 7.45. The van der Waals surface area contributed by atoms with E-state index in [1.807, 2.05) is 54.6 Å². The Hall–Kier alpha value is -1.84. The van der Waals surface area contributed by atoms with Gasteiger partial charge in [0.1, 0.15) is 12.4 Å². The molecule has 0 radical (unpaired) electrons. The lowest BCUT2D eigenvalue weighted by molar-refractivity contribution is 0.120. The van der Waals surface area contributed by atoms with Gasteiger partial charge in [-0.15, -0.1) is 0 Å². The molecule has 0 saturated heterocycles. The van der Waals surface area contributed by atoms with Crippen molar-refractivity contribution in [1.29, 1.82) is 0 Å². The number of hydrogen-bond donors (Lipinski definition) is 2. The van der Waals surface area contributed by atoms with E-state index in [0.717, 1.165) is 29.7 Å². The molecule has 0 unspecified atom stereocenters. The maximum Gasteiger partial charge on any atom is 0.124 e. The van der Waals surface area contributed by atoms with Crippen LogP contribution in [0.15, 0.2) is 54.6 Å². The van der Waals surface area contributed by atoms with Crippen molar-refractivity contribution in [2.45, 2.75) is 31.6 Å². The number of aliphatic hydroxyl groups is 1. The van der Waals surface area contributed by atoms with E-state index in [4.69, 9.17) is 10.5 Å². The van der Waals surface area contributed by atoms with Crippen molar-refractivity contribution >= 4 is 0 Å². The standard InChI is InChI=1S/C18H21NO2/c19-17(18(20)14-10-11-14)15-8-4-5-9-16(15)21-12-13-6-2-1-3-7-13/h1-9,14,17-18,20H,10-12,19H2/t17-,18+/m1/s1. The van der Waals surface area contributed by atoms with Crippen LogP contribution >= 0.6 is 0 Å². The van der Waals surface area contributed by atoms with Crippen molar-refractivity contribution in [1.82, 2.24) is 0 Å². The van der Waals surface area contributed by atoms with Crippen LogP contribution in [0.5, 0.6) is 5.75 Å². The summed E-state index contributed by atoms with van der Waals surface area (Å²) in [5.41, 5.74) is 8.22. The van der Waals surface area contributed by atoms with Gasteiger partial charge in [-0.05, 0) is 30.4 Å². The maximum atomic E-state index is 10.2. The number of ether oxygens (including phenoxy) is 1. The molecule has 21 heavy (non-hydrogen) atoms. The van der Waals surface area contributed by atoms with Crippen LogP contribution in [-0.2, 0) is 6.61 Å². The van der Waals surface area contributed by atoms with Crippen molar-refractivity contribution in [2.24, 2.45) is 11.7 Å². The zero-order valence-corrected chi connectivity index (χ0v) is 12.0. The van der Waals surface area contributed by atoms with Crippen LogP contribution in [0, 0.1) is 5.92 Å². The van der Waals surface area contributed by atoms with E-state index in [2.05, 4.69) is 0 Å². The molecule has 0 bridgehead atoms. The Kier molecular flexibility index (Phi) is 4.23. The summed E-state index contributed by atoms with van der Waals surface area (Å²) in [6.07, 6.45) is 1.66. The summed E-state index contributed by atoms with van der Waals surface area (Å²) in [4.78, 5) is 0. The van der Waals surface area contributed by atoms with Crippen molar-refractivity contribution < 1.29 is 9.84 Å². The SMILES string of the molecule is N[C@H](c1ccccc1OCc1ccccc1)[C@@H](O)C1CC1. The van der Waals surface area contributed by atoms with Crippen LogP contribution in [-0.4, -0.2) is 11.2 Å². The fourth-order valence-corrected chi connectivity index (χ4v) is 2.54. The first-order chi connectivity index (χ1) is 10.3. The molecule has 3 N–H and O–H groups in total. The summed E-state index contributed by atoms with van der Waals surface area (Å²) >= 11 is 0. The van der Waals surface area contributed by atoms with Gasteiger partial charge in [0.05, 0.1) is 12.1 Å². The maximum absolute atomic E-state index is 10.2. The topological polar surface area (TPSA) is 55.5 Å². The van der Waals surface area contributed by atoms with Crippen LogP contribution in [0.25, 0.3) is 0 Å². The molecule has 1 saturated carbocycles. The molecule has 0 amide bonds. The second-order valence-electron chi connectivity index (χ2n) is 5.67. The van der Waals surface area contributed by atoms with Crippen molar-refractivity contribution in [3.63, 3.8) is 0 Å². The molecule has 0 heterocycles. The number of aliphatic hydroxyl groups excluding tert-OH is 1. The van der Waals surface area contributed by atoms with Gasteiger partial charge in [-0.2, -0.15) is 0 Å².